The molecule has 1 aliphatic rings. The number of thioether (sulfide) groups is 1. The molecule has 0 saturated carbocycles. The standard InChI is InChI=1S/C13H13ClN2O3S/c1-18-11-4-7(14)2-3-8(11)12-15-13(19-16-12)9-5-20-6-10(9)17/h2-4,9-10,17H,5-6H2,1H3. The molecule has 0 spiro atoms. The summed E-state index contributed by atoms with van der Waals surface area (Å²) in [5.74, 6) is 2.89. The van der Waals surface area contributed by atoms with E-state index >= 15 is 0 Å². The van der Waals surface area contributed by atoms with Gasteiger partial charge in [-0.15, -0.1) is 0 Å². The van der Waals surface area contributed by atoms with E-state index in [1.54, 1.807) is 37.1 Å². The Morgan fingerprint density at radius 1 is 1.45 bits per heavy atom. The lowest BCUT2D eigenvalue weighted by atomic mass is 10.1. The predicted octanol–water partition coefficient (Wildman–Crippen LogP) is 2.59. The third kappa shape index (κ3) is 2.51. The van der Waals surface area contributed by atoms with Crippen LogP contribution in [-0.2, 0) is 0 Å². The van der Waals surface area contributed by atoms with Gasteiger partial charge in [0.2, 0.25) is 11.7 Å². The van der Waals surface area contributed by atoms with Gasteiger partial charge in [-0.05, 0) is 18.2 Å². The van der Waals surface area contributed by atoms with Crippen molar-refractivity contribution in [2.45, 2.75) is 12.0 Å². The molecule has 1 aromatic carbocycles. The SMILES string of the molecule is COc1cc(Cl)ccc1-c1noc(C2CSCC2O)n1. The van der Waals surface area contributed by atoms with Crippen molar-refractivity contribution in [3.8, 4) is 17.1 Å². The van der Waals surface area contributed by atoms with Crippen molar-refractivity contribution in [1.29, 1.82) is 0 Å². The third-order valence-corrected chi connectivity index (χ3v) is 4.62. The molecule has 1 N–H and O–H groups in total. The Labute approximate surface area is 125 Å². The molecule has 1 aromatic heterocycles. The molecule has 7 heteroatoms. The van der Waals surface area contributed by atoms with E-state index in [1.165, 1.54) is 0 Å². The van der Waals surface area contributed by atoms with E-state index in [-0.39, 0.29) is 5.92 Å². The lowest BCUT2D eigenvalue weighted by Crippen LogP contribution is -2.15. The van der Waals surface area contributed by atoms with Gasteiger partial charge in [0.15, 0.2) is 0 Å². The molecule has 20 heavy (non-hydrogen) atoms. The van der Waals surface area contributed by atoms with Gasteiger partial charge in [0.25, 0.3) is 0 Å². The summed E-state index contributed by atoms with van der Waals surface area (Å²) >= 11 is 7.61. The van der Waals surface area contributed by atoms with Gasteiger partial charge in [-0.25, -0.2) is 0 Å². The van der Waals surface area contributed by atoms with Crippen LogP contribution in [0.2, 0.25) is 5.02 Å². The summed E-state index contributed by atoms with van der Waals surface area (Å²) in [6, 6.07) is 5.23. The van der Waals surface area contributed by atoms with Crippen LogP contribution < -0.4 is 4.74 Å². The van der Waals surface area contributed by atoms with Crippen LogP contribution in [0.15, 0.2) is 22.7 Å². The highest BCUT2D eigenvalue weighted by Gasteiger charge is 2.32. The Morgan fingerprint density at radius 3 is 3.00 bits per heavy atom. The number of aliphatic hydroxyl groups excluding tert-OH is 1. The van der Waals surface area contributed by atoms with Crippen LogP contribution in [0.4, 0.5) is 0 Å². The van der Waals surface area contributed by atoms with Crippen LogP contribution in [0.5, 0.6) is 5.75 Å². The highest BCUT2D eigenvalue weighted by molar-refractivity contribution is 7.99. The quantitative estimate of drug-likeness (QED) is 0.939. The first-order chi connectivity index (χ1) is 9.69. The maximum atomic E-state index is 9.87. The monoisotopic (exact) mass is 312 g/mol. The Morgan fingerprint density at radius 2 is 2.30 bits per heavy atom. The number of hydrogen-bond donors (Lipinski definition) is 1. The van der Waals surface area contributed by atoms with Gasteiger partial charge in [-0.2, -0.15) is 16.7 Å². The zero-order chi connectivity index (χ0) is 14.1. The van der Waals surface area contributed by atoms with Crippen molar-refractivity contribution in [3.63, 3.8) is 0 Å². The lowest BCUT2D eigenvalue weighted by molar-refractivity contribution is 0.164. The summed E-state index contributed by atoms with van der Waals surface area (Å²) in [6.07, 6.45) is -0.430. The highest BCUT2D eigenvalue weighted by Crippen LogP contribution is 2.35. The molecule has 1 saturated heterocycles. The lowest BCUT2D eigenvalue weighted by Gasteiger charge is -2.07. The molecule has 0 aliphatic carbocycles. The first-order valence-electron chi connectivity index (χ1n) is 6.12. The number of aromatic nitrogens is 2. The topological polar surface area (TPSA) is 68.4 Å². The number of nitrogens with zero attached hydrogens (tertiary/aromatic N) is 2. The molecule has 0 amide bonds. The first-order valence-corrected chi connectivity index (χ1v) is 7.65. The molecule has 0 bridgehead atoms. The normalized spacial score (nSPS) is 22.1. The molecule has 5 nitrogen and oxygen atoms in total. The highest BCUT2D eigenvalue weighted by atomic mass is 35.5. The molecule has 1 fully saturated rings. The predicted molar refractivity (Wildman–Crippen MR) is 77.4 cm³/mol. The van der Waals surface area contributed by atoms with E-state index in [4.69, 9.17) is 20.9 Å². The van der Waals surface area contributed by atoms with Crippen LogP contribution in [0.1, 0.15) is 11.8 Å². The van der Waals surface area contributed by atoms with Gasteiger partial charge in [-0.3, -0.25) is 0 Å². The van der Waals surface area contributed by atoms with E-state index in [0.29, 0.717) is 33.8 Å². The average molecular weight is 313 g/mol. The van der Waals surface area contributed by atoms with E-state index in [9.17, 15) is 5.11 Å². The molecule has 106 valence electrons. The van der Waals surface area contributed by atoms with Gasteiger partial charge < -0.3 is 14.4 Å². The number of halogens is 1. The smallest absolute Gasteiger partial charge is 0.233 e. The van der Waals surface area contributed by atoms with Gasteiger partial charge >= 0.3 is 0 Å². The van der Waals surface area contributed by atoms with Gasteiger partial charge in [-0.1, -0.05) is 16.8 Å². The van der Waals surface area contributed by atoms with Crippen molar-refractivity contribution in [2.24, 2.45) is 0 Å². The van der Waals surface area contributed by atoms with E-state index < -0.39 is 6.10 Å². The summed E-state index contributed by atoms with van der Waals surface area (Å²) in [5, 5.41) is 14.4. The summed E-state index contributed by atoms with van der Waals surface area (Å²) in [5.41, 5.74) is 0.715. The Balaban J connectivity index is 1.94. The summed E-state index contributed by atoms with van der Waals surface area (Å²) in [4.78, 5) is 4.38. The third-order valence-electron chi connectivity index (χ3n) is 3.21. The van der Waals surface area contributed by atoms with E-state index in [2.05, 4.69) is 10.1 Å². The second kappa shape index (κ2) is 5.63. The Kier molecular flexibility index (Phi) is 3.87. The minimum absolute atomic E-state index is 0.0976. The van der Waals surface area contributed by atoms with Crippen LogP contribution >= 0.6 is 23.4 Å². The van der Waals surface area contributed by atoms with E-state index in [1.807, 2.05) is 0 Å². The molecule has 2 atom stereocenters. The molecular weight excluding hydrogens is 300 g/mol. The fraction of sp³-hybridized carbons (Fsp3) is 0.385. The molecular formula is C13H13ClN2O3S. The second-order valence-electron chi connectivity index (χ2n) is 4.51. The van der Waals surface area contributed by atoms with Crippen LogP contribution in [0.3, 0.4) is 0 Å². The van der Waals surface area contributed by atoms with Crippen molar-refractivity contribution in [2.75, 3.05) is 18.6 Å². The fourth-order valence-corrected chi connectivity index (χ4v) is 3.51. The zero-order valence-corrected chi connectivity index (χ0v) is 12.3. The Hall–Kier alpha value is -1.24. The van der Waals surface area contributed by atoms with Gasteiger partial charge in [0.05, 0.1) is 24.7 Å². The number of aliphatic hydroxyl groups is 1. The first kappa shape index (κ1) is 13.7. The maximum Gasteiger partial charge on any atom is 0.233 e. The second-order valence-corrected chi connectivity index (χ2v) is 6.02. The molecule has 3 rings (SSSR count). The average Bonchev–Trinajstić information content (AvgIpc) is 3.07. The van der Waals surface area contributed by atoms with Crippen LogP contribution in [0, 0.1) is 0 Å². The summed E-state index contributed by atoms with van der Waals surface area (Å²) in [7, 11) is 1.56. The summed E-state index contributed by atoms with van der Waals surface area (Å²) in [6.45, 7) is 0. The molecule has 2 heterocycles. The van der Waals surface area contributed by atoms with Gasteiger partial charge in [0, 0.05) is 16.5 Å². The molecule has 1 aliphatic heterocycles. The zero-order valence-electron chi connectivity index (χ0n) is 10.7. The number of benzene rings is 1. The van der Waals surface area contributed by atoms with Crippen LogP contribution in [-0.4, -0.2) is 40.0 Å². The molecule has 2 unspecified atom stereocenters. The number of hydrogen-bond acceptors (Lipinski definition) is 6. The fourth-order valence-electron chi connectivity index (χ4n) is 2.12. The number of rotatable bonds is 3. The number of methoxy groups -OCH3 is 1. The summed E-state index contributed by atoms with van der Waals surface area (Å²) < 4.78 is 10.6. The largest absolute Gasteiger partial charge is 0.496 e. The molecule has 0 radical (unpaired) electrons. The maximum absolute atomic E-state index is 9.87. The Bertz CT molecular complexity index is 619. The number of ether oxygens (including phenoxy) is 1. The van der Waals surface area contributed by atoms with Crippen LogP contribution in [0.25, 0.3) is 11.4 Å². The minimum atomic E-state index is -0.430. The van der Waals surface area contributed by atoms with Crippen molar-refractivity contribution < 1.29 is 14.4 Å². The van der Waals surface area contributed by atoms with Crippen molar-refractivity contribution in [3.05, 3.63) is 29.1 Å². The molecule has 2 aromatic rings. The van der Waals surface area contributed by atoms with Crippen molar-refractivity contribution >= 4 is 23.4 Å². The van der Waals surface area contributed by atoms with E-state index in [0.717, 1.165) is 5.75 Å². The van der Waals surface area contributed by atoms with Crippen molar-refractivity contribution in [1.82, 2.24) is 10.1 Å². The minimum Gasteiger partial charge on any atom is -0.496 e. The van der Waals surface area contributed by atoms with Gasteiger partial charge in [0.1, 0.15) is 5.75 Å².